The van der Waals surface area contributed by atoms with E-state index >= 15 is 0 Å². The summed E-state index contributed by atoms with van der Waals surface area (Å²) in [5, 5.41) is 2.63. The van der Waals surface area contributed by atoms with E-state index in [1.807, 2.05) is 0 Å². The molecule has 0 bridgehead atoms. The van der Waals surface area contributed by atoms with Crippen LogP contribution in [-0.4, -0.2) is 16.6 Å². The number of benzene rings is 10. The molecule has 0 saturated heterocycles. The first-order valence-corrected chi connectivity index (χ1v) is 30.3. The largest absolute Gasteiger partial charge is 0.449 e. The van der Waals surface area contributed by atoms with Crippen LogP contribution in [0, 0.1) is 0 Å². The maximum Gasteiger partial charge on any atom is 0.206 e. The highest BCUT2D eigenvalue weighted by atomic mass is 28.4. The fourth-order valence-corrected chi connectivity index (χ4v) is 21.4. The zero-order valence-electron chi connectivity index (χ0n) is 39.3. The van der Waals surface area contributed by atoms with E-state index in [4.69, 9.17) is 4.12 Å². The minimum Gasteiger partial charge on any atom is -0.449 e. The molecule has 4 aliphatic carbocycles. The normalized spacial score (nSPS) is 14.7. The van der Waals surface area contributed by atoms with Gasteiger partial charge in [-0.05, 0) is 160 Å². The maximum atomic E-state index is 7.42. The molecule has 0 fully saturated rings. The van der Waals surface area contributed by atoms with Gasteiger partial charge in [-0.1, -0.05) is 218 Å². The van der Waals surface area contributed by atoms with Crippen LogP contribution in [0.3, 0.4) is 0 Å². The van der Waals surface area contributed by atoms with Crippen LogP contribution < -0.4 is 10.4 Å². The van der Waals surface area contributed by atoms with Gasteiger partial charge in [-0.25, -0.2) is 0 Å². The Morgan fingerprint density at radius 2 is 0.478 bits per heavy atom. The first kappa shape index (κ1) is 40.6. The summed E-state index contributed by atoms with van der Waals surface area (Å²) in [6, 6.07) is 87.3. The van der Waals surface area contributed by atoms with E-state index in [0.29, 0.717) is 0 Å². The third kappa shape index (κ3) is 5.49. The lowest BCUT2D eigenvalue weighted by Gasteiger charge is -2.34. The van der Waals surface area contributed by atoms with Gasteiger partial charge in [-0.2, -0.15) is 0 Å². The smallest absolute Gasteiger partial charge is 0.206 e. The second-order valence-corrected chi connectivity index (χ2v) is 28.6. The Hall–Kier alpha value is -7.41. The molecular formula is C66H50OSi2. The molecule has 10 aromatic rings. The highest BCUT2D eigenvalue weighted by Crippen LogP contribution is 2.64. The van der Waals surface area contributed by atoms with Gasteiger partial charge in [-0.3, -0.25) is 0 Å². The van der Waals surface area contributed by atoms with Crippen molar-refractivity contribution in [3.8, 4) is 66.8 Å². The SMILES string of the molecule is C[Si](C)(O[Si](C)(C)c1ccc(-c2ccc3c(c2)C2(c4ccccc4-c4ccccc42)c2ccccc2-3)cc1)c1ccc(-c2ccc3c(c2)C2(c4ccccc4-c4ccccc42)c2ccccc2-3)cc1. The molecule has 0 atom stereocenters. The summed E-state index contributed by atoms with van der Waals surface area (Å²) in [4.78, 5) is 0. The van der Waals surface area contributed by atoms with Crippen molar-refractivity contribution in [1.29, 1.82) is 0 Å². The lowest BCUT2D eigenvalue weighted by atomic mass is 9.70. The fourth-order valence-electron chi connectivity index (χ4n) is 13.4. The summed E-state index contributed by atoms with van der Waals surface area (Å²) < 4.78 is 7.42. The van der Waals surface area contributed by atoms with Gasteiger partial charge < -0.3 is 4.12 Å². The van der Waals surface area contributed by atoms with Crippen LogP contribution in [0.4, 0.5) is 0 Å². The van der Waals surface area contributed by atoms with Gasteiger partial charge in [0.25, 0.3) is 0 Å². The van der Waals surface area contributed by atoms with Crippen LogP contribution in [0.2, 0.25) is 26.2 Å². The molecule has 0 heterocycles. The summed E-state index contributed by atoms with van der Waals surface area (Å²) in [5.74, 6) is 0. The summed E-state index contributed by atoms with van der Waals surface area (Å²) >= 11 is 0. The van der Waals surface area contributed by atoms with E-state index in [1.165, 1.54) is 122 Å². The predicted octanol–water partition coefficient (Wildman–Crippen LogP) is 15.2. The molecule has 0 aliphatic heterocycles. The molecular weight excluding hydrogens is 865 g/mol. The summed E-state index contributed by atoms with van der Waals surface area (Å²) in [6.07, 6.45) is 0. The second-order valence-electron chi connectivity index (χ2n) is 20.6. The average molecular weight is 915 g/mol. The van der Waals surface area contributed by atoms with Gasteiger partial charge in [0.15, 0.2) is 0 Å². The quantitative estimate of drug-likeness (QED) is 0.151. The second kappa shape index (κ2) is 14.6. The van der Waals surface area contributed by atoms with Crippen molar-refractivity contribution in [3.05, 3.63) is 275 Å². The molecule has 2 spiro atoms. The van der Waals surface area contributed by atoms with Crippen LogP contribution in [0.15, 0.2) is 231 Å². The predicted molar refractivity (Wildman–Crippen MR) is 292 cm³/mol. The van der Waals surface area contributed by atoms with E-state index in [-0.39, 0.29) is 10.8 Å². The molecule has 10 aromatic carbocycles. The highest BCUT2D eigenvalue weighted by Gasteiger charge is 2.53. The van der Waals surface area contributed by atoms with Gasteiger partial charge >= 0.3 is 0 Å². The zero-order valence-corrected chi connectivity index (χ0v) is 41.3. The number of rotatable bonds is 6. The van der Waals surface area contributed by atoms with Gasteiger partial charge in [0.1, 0.15) is 0 Å². The van der Waals surface area contributed by atoms with E-state index < -0.39 is 16.6 Å². The van der Waals surface area contributed by atoms with Gasteiger partial charge in [0.2, 0.25) is 16.6 Å². The molecule has 0 aromatic heterocycles. The lowest BCUT2D eigenvalue weighted by molar-refractivity contribution is 0.573. The molecule has 0 unspecified atom stereocenters. The molecule has 3 heteroatoms. The minimum atomic E-state index is -2.32. The zero-order chi connectivity index (χ0) is 46.3. The average Bonchev–Trinajstić information content (AvgIpc) is 4.07. The van der Waals surface area contributed by atoms with E-state index in [9.17, 15) is 0 Å². The van der Waals surface area contributed by atoms with Crippen molar-refractivity contribution in [2.45, 2.75) is 37.0 Å². The first-order chi connectivity index (χ1) is 33.7. The Morgan fingerprint density at radius 1 is 0.246 bits per heavy atom. The Labute approximate surface area is 407 Å². The summed E-state index contributed by atoms with van der Waals surface area (Å²) in [5.41, 5.74) is 25.9. The minimum absolute atomic E-state index is 0.349. The number of hydrogen-bond donors (Lipinski definition) is 0. The lowest BCUT2D eigenvalue weighted by Crippen LogP contribution is -2.57. The van der Waals surface area contributed by atoms with Crippen molar-refractivity contribution in [2.24, 2.45) is 0 Å². The summed E-state index contributed by atoms with van der Waals surface area (Å²) in [6.45, 7) is 9.48. The van der Waals surface area contributed by atoms with Crippen LogP contribution in [0.5, 0.6) is 0 Å². The molecule has 0 radical (unpaired) electrons. The molecule has 0 amide bonds. The fraction of sp³-hybridized carbons (Fsp3) is 0.0909. The molecule has 328 valence electrons. The first-order valence-electron chi connectivity index (χ1n) is 24.5. The topological polar surface area (TPSA) is 9.23 Å². The number of hydrogen-bond acceptors (Lipinski definition) is 1. The Morgan fingerprint density at radius 3 is 0.754 bits per heavy atom. The van der Waals surface area contributed by atoms with Crippen molar-refractivity contribution in [3.63, 3.8) is 0 Å². The van der Waals surface area contributed by atoms with Crippen LogP contribution in [0.25, 0.3) is 66.8 Å². The van der Waals surface area contributed by atoms with Gasteiger partial charge in [-0.15, -0.1) is 0 Å². The molecule has 4 aliphatic rings. The standard InChI is InChI=1S/C66H50OSi2/c1-68(2,47-35-29-43(30-36-47)45-33-39-55-53-21-9-15-27-61(53)65(63(55)41-45)57-23-11-5-17-49(57)50-18-6-12-24-58(50)65)67-69(3,4)48-37-31-44(32-38-48)46-34-40-56-54-22-10-16-28-62(54)66(64(56)42-46)59-25-13-7-19-51(59)52-20-8-14-26-60(52)66/h5-42H,1-4H3. The molecule has 14 rings (SSSR count). The molecule has 1 nitrogen and oxygen atoms in total. The molecule has 0 N–H and O–H groups in total. The van der Waals surface area contributed by atoms with Crippen molar-refractivity contribution in [1.82, 2.24) is 0 Å². The summed E-state index contributed by atoms with van der Waals surface area (Å²) in [7, 11) is -4.64. The Balaban J connectivity index is 0.762. The third-order valence-electron chi connectivity index (χ3n) is 16.3. The van der Waals surface area contributed by atoms with Crippen LogP contribution in [-0.2, 0) is 14.9 Å². The van der Waals surface area contributed by atoms with Crippen LogP contribution >= 0.6 is 0 Å². The monoisotopic (exact) mass is 914 g/mol. The van der Waals surface area contributed by atoms with Crippen molar-refractivity contribution >= 4 is 27.0 Å². The van der Waals surface area contributed by atoms with E-state index in [2.05, 4.69) is 257 Å². The van der Waals surface area contributed by atoms with Crippen molar-refractivity contribution < 1.29 is 4.12 Å². The number of fused-ring (bicyclic) bond motifs is 20. The maximum absolute atomic E-state index is 7.42. The van der Waals surface area contributed by atoms with Gasteiger partial charge in [0.05, 0.1) is 10.8 Å². The highest BCUT2D eigenvalue weighted by molar-refractivity contribution is 6.96. The van der Waals surface area contributed by atoms with E-state index in [0.717, 1.165) is 0 Å². The van der Waals surface area contributed by atoms with Crippen LogP contribution in [0.1, 0.15) is 44.5 Å². The molecule has 0 saturated carbocycles. The molecule has 69 heavy (non-hydrogen) atoms. The van der Waals surface area contributed by atoms with Gasteiger partial charge in [0, 0.05) is 0 Å². The Kier molecular flexibility index (Phi) is 8.57. The van der Waals surface area contributed by atoms with E-state index in [1.54, 1.807) is 0 Å². The third-order valence-corrected chi connectivity index (χ3v) is 23.9. The van der Waals surface area contributed by atoms with Crippen molar-refractivity contribution in [2.75, 3.05) is 0 Å². The Bertz CT molecular complexity index is 3390.